The molecule has 1 N–H and O–H groups in total. The molecule has 2 rings (SSSR count). The molecule has 30 heavy (non-hydrogen) atoms. The predicted molar refractivity (Wildman–Crippen MR) is 124 cm³/mol. The van der Waals surface area contributed by atoms with Crippen LogP contribution in [0, 0.1) is 0 Å². The first-order valence-corrected chi connectivity index (χ1v) is 11.2. The van der Waals surface area contributed by atoms with Crippen molar-refractivity contribution >= 4 is 35.0 Å². The molecule has 0 fully saturated rings. The summed E-state index contributed by atoms with van der Waals surface area (Å²) in [5.74, 6) is -0.216. The summed E-state index contributed by atoms with van der Waals surface area (Å²) in [4.78, 5) is 28.0. The lowest BCUT2D eigenvalue weighted by molar-refractivity contribution is -0.141. The number of amides is 2. The van der Waals surface area contributed by atoms with E-state index in [1.165, 1.54) is 0 Å². The fraction of sp³-hybridized carbons (Fsp3) is 0.417. The van der Waals surface area contributed by atoms with Gasteiger partial charge in [-0.05, 0) is 43.0 Å². The first kappa shape index (κ1) is 24.2. The summed E-state index contributed by atoms with van der Waals surface area (Å²) in [6.07, 6.45) is 2.32. The summed E-state index contributed by atoms with van der Waals surface area (Å²) < 4.78 is 0. The Hall–Kier alpha value is -2.04. The minimum absolute atomic E-state index is 0.0259. The summed E-state index contributed by atoms with van der Waals surface area (Å²) in [7, 11) is 0. The van der Waals surface area contributed by atoms with Gasteiger partial charge >= 0.3 is 0 Å². The highest BCUT2D eigenvalue weighted by Crippen LogP contribution is 2.24. The van der Waals surface area contributed by atoms with Gasteiger partial charge in [-0.3, -0.25) is 9.59 Å². The highest BCUT2D eigenvalue weighted by molar-refractivity contribution is 6.35. The van der Waals surface area contributed by atoms with Gasteiger partial charge in [-0.2, -0.15) is 0 Å². The lowest BCUT2D eigenvalue weighted by atomic mass is 10.0. The normalized spacial score (nSPS) is 12.8. The highest BCUT2D eigenvalue weighted by atomic mass is 35.5. The van der Waals surface area contributed by atoms with Crippen LogP contribution in [-0.4, -0.2) is 28.8 Å². The van der Waals surface area contributed by atoms with Gasteiger partial charge in [-0.25, -0.2) is 0 Å². The Bertz CT molecular complexity index is 842. The first-order chi connectivity index (χ1) is 14.3. The van der Waals surface area contributed by atoms with Crippen molar-refractivity contribution < 1.29 is 9.59 Å². The summed E-state index contributed by atoms with van der Waals surface area (Å²) in [6, 6.07) is 14.4. The summed E-state index contributed by atoms with van der Waals surface area (Å²) in [5, 5.41) is 4.07. The van der Waals surface area contributed by atoms with Crippen molar-refractivity contribution in [1.29, 1.82) is 0 Å². The number of rotatable bonds is 10. The van der Waals surface area contributed by atoms with Crippen molar-refractivity contribution in [2.75, 3.05) is 0 Å². The number of nitrogens with zero attached hydrogens (tertiary/aromatic N) is 1. The molecule has 2 atom stereocenters. The number of halogens is 2. The van der Waals surface area contributed by atoms with E-state index in [1.54, 1.807) is 17.0 Å². The smallest absolute Gasteiger partial charge is 0.243 e. The number of benzene rings is 2. The molecule has 0 aliphatic carbocycles. The first-order valence-electron chi connectivity index (χ1n) is 10.4. The number of carbonyl (C=O) groups is 2. The minimum atomic E-state index is -0.632. The Morgan fingerprint density at radius 1 is 1.07 bits per heavy atom. The van der Waals surface area contributed by atoms with Crippen molar-refractivity contribution in [3.05, 3.63) is 69.7 Å². The zero-order valence-corrected chi connectivity index (χ0v) is 19.3. The zero-order valence-electron chi connectivity index (χ0n) is 17.8. The van der Waals surface area contributed by atoms with Crippen molar-refractivity contribution in [3.8, 4) is 0 Å². The van der Waals surface area contributed by atoms with Gasteiger partial charge < -0.3 is 10.2 Å². The Morgan fingerprint density at radius 2 is 1.77 bits per heavy atom. The summed E-state index contributed by atoms with van der Waals surface area (Å²) in [5.41, 5.74) is 1.76. The Labute approximate surface area is 189 Å². The molecule has 2 aromatic carbocycles. The second-order valence-electron chi connectivity index (χ2n) is 7.53. The molecule has 0 heterocycles. The van der Waals surface area contributed by atoms with Gasteiger partial charge in [-0.15, -0.1) is 0 Å². The van der Waals surface area contributed by atoms with E-state index >= 15 is 0 Å². The molecule has 4 nitrogen and oxygen atoms in total. The van der Waals surface area contributed by atoms with Crippen LogP contribution in [0.1, 0.15) is 51.2 Å². The van der Waals surface area contributed by atoms with Crippen LogP contribution in [0.3, 0.4) is 0 Å². The van der Waals surface area contributed by atoms with Crippen molar-refractivity contribution in [2.24, 2.45) is 0 Å². The topological polar surface area (TPSA) is 49.4 Å². The molecule has 0 aliphatic heterocycles. The van der Waals surface area contributed by atoms with E-state index in [9.17, 15) is 9.59 Å². The van der Waals surface area contributed by atoms with E-state index in [1.807, 2.05) is 57.2 Å². The molecule has 0 aliphatic rings. The number of hydrogen-bond donors (Lipinski definition) is 1. The molecule has 162 valence electrons. The monoisotopic (exact) mass is 448 g/mol. The van der Waals surface area contributed by atoms with Crippen molar-refractivity contribution in [3.63, 3.8) is 0 Å². The van der Waals surface area contributed by atoms with E-state index in [-0.39, 0.29) is 24.4 Å². The van der Waals surface area contributed by atoms with Crippen LogP contribution in [0.2, 0.25) is 10.0 Å². The average Bonchev–Trinajstić information content (AvgIpc) is 2.72. The lowest BCUT2D eigenvalue weighted by Gasteiger charge is -2.32. The van der Waals surface area contributed by atoms with Crippen LogP contribution in [0.15, 0.2) is 48.5 Å². The standard InChI is InChI=1S/C24H30Cl2N2O2/c1-4-9-23(29)28(16-19-12-13-20(25)15-21(19)26)22(24(30)27-17(3)5-2)14-18-10-7-6-8-11-18/h6-8,10-13,15,17,22H,4-5,9,14,16H2,1-3H3,(H,27,30). The second kappa shape index (κ2) is 12.0. The molecule has 0 bridgehead atoms. The predicted octanol–water partition coefficient (Wildman–Crippen LogP) is 5.65. The lowest BCUT2D eigenvalue weighted by Crippen LogP contribution is -2.52. The largest absolute Gasteiger partial charge is 0.352 e. The van der Waals surface area contributed by atoms with Crippen LogP contribution in [-0.2, 0) is 22.6 Å². The molecule has 0 aromatic heterocycles. The SMILES string of the molecule is CCCC(=O)N(Cc1ccc(Cl)cc1Cl)C(Cc1ccccc1)C(=O)NC(C)CC. The molecule has 0 spiro atoms. The van der Waals surface area contributed by atoms with Gasteiger partial charge in [0.05, 0.1) is 0 Å². The van der Waals surface area contributed by atoms with Crippen LogP contribution < -0.4 is 5.32 Å². The van der Waals surface area contributed by atoms with E-state index in [0.717, 1.165) is 17.5 Å². The Morgan fingerprint density at radius 3 is 2.37 bits per heavy atom. The number of nitrogens with one attached hydrogen (secondary N) is 1. The highest BCUT2D eigenvalue weighted by Gasteiger charge is 2.30. The number of carbonyl (C=O) groups excluding carboxylic acids is 2. The maximum atomic E-state index is 13.2. The maximum Gasteiger partial charge on any atom is 0.243 e. The van der Waals surface area contributed by atoms with E-state index in [2.05, 4.69) is 5.32 Å². The van der Waals surface area contributed by atoms with Gasteiger partial charge in [0, 0.05) is 35.5 Å². The molecule has 0 radical (unpaired) electrons. The molecular weight excluding hydrogens is 419 g/mol. The maximum absolute atomic E-state index is 13.2. The molecule has 2 aromatic rings. The third kappa shape index (κ3) is 7.03. The molecule has 0 saturated carbocycles. The van der Waals surface area contributed by atoms with E-state index in [0.29, 0.717) is 29.3 Å². The second-order valence-corrected chi connectivity index (χ2v) is 8.37. The quantitative estimate of drug-likeness (QED) is 0.510. The molecular formula is C24H30Cl2N2O2. The van der Waals surface area contributed by atoms with E-state index in [4.69, 9.17) is 23.2 Å². The van der Waals surface area contributed by atoms with Gasteiger partial charge in [0.1, 0.15) is 6.04 Å². The fourth-order valence-electron chi connectivity index (χ4n) is 3.19. The Balaban J connectivity index is 2.41. The van der Waals surface area contributed by atoms with Crippen LogP contribution >= 0.6 is 23.2 Å². The average molecular weight is 449 g/mol. The Kier molecular flexibility index (Phi) is 9.67. The molecule has 2 unspecified atom stereocenters. The van der Waals surface area contributed by atoms with Crippen LogP contribution in [0.5, 0.6) is 0 Å². The molecule has 6 heteroatoms. The van der Waals surface area contributed by atoms with Gasteiger partial charge in [0.2, 0.25) is 11.8 Å². The van der Waals surface area contributed by atoms with E-state index < -0.39 is 6.04 Å². The summed E-state index contributed by atoms with van der Waals surface area (Å²) >= 11 is 12.4. The third-order valence-electron chi connectivity index (χ3n) is 5.09. The number of hydrogen-bond acceptors (Lipinski definition) is 2. The zero-order chi connectivity index (χ0) is 22.1. The van der Waals surface area contributed by atoms with Crippen LogP contribution in [0.4, 0.5) is 0 Å². The fourth-order valence-corrected chi connectivity index (χ4v) is 3.65. The molecule has 0 saturated heterocycles. The van der Waals surface area contributed by atoms with Crippen LogP contribution in [0.25, 0.3) is 0 Å². The van der Waals surface area contributed by atoms with Crippen molar-refractivity contribution in [1.82, 2.24) is 10.2 Å². The summed E-state index contributed by atoms with van der Waals surface area (Å²) in [6.45, 7) is 6.19. The van der Waals surface area contributed by atoms with Gasteiger partial charge in [0.15, 0.2) is 0 Å². The van der Waals surface area contributed by atoms with Gasteiger partial charge in [0.25, 0.3) is 0 Å². The third-order valence-corrected chi connectivity index (χ3v) is 5.68. The minimum Gasteiger partial charge on any atom is -0.352 e. The van der Waals surface area contributed by atoms with Gasteiger partial charge in [-0.1, -0.05) is 73.4 Å². The molecule has 2 amide bonds. The van der Waals surface area contributed by atoms with Crippen molar-refractivity contribution in [2.45, 2.75) is 65.1 Å².